The average Bonchev–Trinajstić information content (AvgIpc) is 2.87. The number of hydrogen-bond donors (Lipinski definition) is 1. The molecule has 1 aliphatic heterocycles. The van der Waals surface area contributed by atoms with Crippen LogP contribution in [0.5, 0.6) is 5.75 Å². The third kappa shape index (κ3) is 3.92. The van der Waals surface area contributed by atoms with E-state index < -0.39 is 5.54 Å². The molecule has 148 valence electrons. The largest absolute Gasteiger partial charge is 0.492 e. The van der Waals surface area contributed by atoms with E-state index in [1.165, 1.54) is 4.90 Å². The molecule has 6 nitrogen and oxygen atoms in total. The molecule has 3 amide bonds. The summed E-state index contributed by atoms with van der Waals surface area (Å²) >= 11 is 5.86. The molecular formula is C20H28ClN3O3. The molecule has 1 saturated heterocycles. The minimum absolute atomic E-state index is 0.0855. The number of urea groups is 1. The number of carbonyl (C=O) groups excluding carboxylic acids is 2. The lowest BCUT2D eigenvalue weighted by molar-refractivity contribution is -0.137. The Morgan fingerprint density at radius 2 is 1.85 bits per heavy atom. The van der Waals surface area contributed by atoms with Gasteiger partial charge in [0.15, 0.2) is 0 Å². The van der Waals surface area contributed by atoms with Crippen molar-refractivity contribution in [3.8, 4) is 5.75 Å². The molecule has 7 heteroatoms. The van der Waals surface area contributed by atoms with E-state index >= 15 is 0 Å². The fourth-order valence-corrected chi connectivity index (χ4v) is 4.37. The van der Waals surface area contributed by atoms with E-state index in [9.17, 15) is 9.59 Å². The number of halogens is 1. The maximum atomic E-state index is 13.1. The van der Waals surface area contributed by atoms with Gasteiger partial charge in [-0.15, -0.1) is 0 Å². The minimum Gasteiger partial charge on any atom is -0.492 e. The summed E-state index contributed by atoms with van der Waals surface area (Å²) in [5.74, 6) is 0.965. The van der Waals surface area contributed by atoms with Crippen LogP contribution in [0.2, 0.25) is 5.02 Å². The zero-order valence-electron chi connectivity index (χ0n) is 16.2. The summed E-state index contributed by atoms with van der Waals surface area (Å²) in [6.07, 6.45) is 3.04. The van der Waals surface area contributed by atoms with Crippen molar-refractivity contribution in [2.24, 2.45) is 11.8 Å². The number of hydrogen-bond acceptors (Lipinski definition) is 4. The summed E-state index contributed by atoms with van der Waals surface area (Å²) in [4.78, 5) is 29.0. The van der Waals surface area contributed by atoms with E-state index in [2.05, 4.69) is 19.2 Å². The van der Waals surface area contributed by atoms with Gasteiger partial charge in [0, 0.05) is 11.6 Å². The molecule has 2 aliphatic rings. The third-order valence-electron chi connectivity index (χ3n) is 5.93. The first kappa shape index (κ1) is 20.0. The lowest BCUT2D eigenvalue weighted by atomic mass is 9.67. The van der Waals surface area contributed by atoms with Gasteiger partial charge in [-0.25, -0.2) is 9.69 Å². The third-order valence-corrected chi connectivity index (χ3v) is 6.18. The van der Waals surface area contributed by atoms with Crippen LogP contribution in [0.1, 0.15) is 33.1 Å². The number of likely N-dealkylation sites (N-methyl/N-ethyl adjacent to an activating group) is 1. The molecule has 27 heavy (non-hydrogen) atoms. The minimum atomic E-state index is -0.740. The molecule has 1 saturated carbocycles. The molecule has 0 aromatic heterocycles. The number of amides is 3. The second-order valence-corrected chi connectivity index (χ2v) is 8.23. The van der Waals surface area contributed by atoms with Crippen molar-refractivity contribution in [3.63, 3.8) is 0 Å². The molecule has 3 rings (SSSR count). The van der Waals surface area contributed by atoms with Gasteiger partial charge in [0.2, 0.25) is 0 Å². The van der Waals surface area contributed by atoms with Crippen LogP contribution < -0.4 is 10.1 Å². The van der Waals surface area contributed by atoms with Crippen molar-refractivity contribution in [3.05, 3.63) is 29.3 Å². The maximum Gasteiger partial charge on any atom is 0.326 e. The van der Waals surface area contributed by atoms with Gasteiger partial charge < -0.3 is 10.1 Å². The number of ether oxygens (including phenoxy) is 1. The quantitative estimate of drug-likeness (QED) is 0.753. The smallest absolute Gasteiger partial charge is 0.326 e. The highest BCUT2D eigenvalue weighted by Gasteiger charge is 2.58. The lowest BCUT2D eigenvalue weighted by Crippen LogP contribution is -2.59. The Kier molecular flexibility index (Phi) is 5.96. The summed E-state index contributed by atoms with van der Waals surface area (Å²) in [5.41, 5.74) is -0.740. The molecular weight excluding hydrogens is 366 g/mol. The molecule has 1 aliphatic carbocycles. The summed E-state index contributed by atoms with van der Waals surface area (Å²) in [6.45, 7) is 5.45. The van der Waals surface area contributed by atoms with Crippen molar-refractivity contribution in [2.75, 3.05) is 26.9 Å². The Hall–Kier alpha value is -1.79. The molecule has 1 heterocycles. The van der Waals surface area contributed by atoms with E-state index in [1.807, 2.05) is 24.1 Å². The van der Waals surface area contributed by atoms with Gasteiger partial charge in [-0.1, -0.05) is 31.9 Å². The van der Waals surface area contributed by atoms with Gasteiger partial charge in [-0.3, -0.25) is 9.69 Å². The van der Waals surface area contributed by atoms with Crippen LogP contribution in [0.4, 0.5) is 4.79 Å². The molecule has 1 N–H and O–H groups in total. The number of imide groups is 1. The zero-order chi connectivity index (χ0) is 19.6. The number of carbonyl (C=O) groups is 2. The Morgan fingerprint density at radius 1 is 1.22 bits per heavy atom. The highest BCUT2D eigenvalue weighted by molar-refractivity contribution is 6.30. The normalized spacial score (nSPS) is 28.1. The van der Waals surface area contributed by atoms with E-state index in [0.29, 0.717) is 18.2 Å². The average molecular weight is 394 g/mol. The van der Waals surface area contributed by atoms with Crippen LogP contribution in [0.15, 0.2) is 24.3 Å². The molecule has 1 aromatic carbocycles. The second-order valence-electron chi connectivity index (χ2n) is 7.79. The number of nitrogens with one attached hydrogen (secondary N) is 1. The predicted octanol–water partition coefficient (Wildman–Crippen LogP) is 3.35. The molecule has 0 radical (unpaired) electrons. The second kappa shape index (κ2) is 8.07. The number of nitrogens with zero attached hydrogens (tertiary/aromatic N) is 2. The topological polar surface area (TPSA) is 61.9 Å². The van der Waals surface area contributed by atoms with Gasteiger partial charge >= 0.3 is 6.03 Å². The van der Waals surface area contributed by atoms with Crippen molar-refractivity contribution < 1.29 is 14.3 Å². The fraction of sp³-hybridized carbons (Fsp3) is 0.600. The Morgan fingerprint density at radius 3 is 2.48 bits per heavy atom. The summed E-state index contributed by atoms with van der Waals surface area (Å²) in [7, 11) is 1.88. The van der Waals surface area contributed by atoms with Gasteiger partial charge in [-0.2, -0.15) is 0 Å². The summed E-state index contributed by atoms with van der Waals surface area (Å²) in [6, 6.07) is 6.90. The number of rotatable bonds is 6. The van der Waals surface area contributed by atoms with Crippen LogP contribution in [0.25, 0.3) is 0 Å². The van der Waals surface area contributed by atoms with Crippen molar-refractivity contribution in [1.82, 2.24) is 15.1 Å². The zero-order valence-corrected chi connectivity index (χ0v) is 17.0. The van der Waals surface area contributed by atoms with Crippen LogP contribution in [-0.4, -0.2) is 54.1 Å². The fourth-order valence-electron chi connectivity index (χ4n) is 4.24. The molecule has 2 fully saturated rings. The first-order chi connectivity index (χ1) is 12.8. The molecule has 1 aromatic rings. The highest BCUT2D eigenvalue weighted by atomic mass is 35.5. The van der Waals surface area contributed by atoms with E-state index in [1.54, 1.807) is 12.1 Å². The predicted molar refractivity (Wildman–Crippen MR) is 105 cm³/mol. The number of benzene rings is 1. The van der Waals surface area contributed by atoms with Gasteiger partial charge in [-0.05, 0) is 56.0 Å². The van der Waals surface area contributed by atoms with Gasteiger partial charge in [0.05, 0.1) is 6.67 Å². The van der Waals surface area contributed by atoms with Crippen LogP contribution in [0, 0.1) is 11.8 Å². The molecule has 0 bridgehead atoms. The Labute approximate surface area is 165 Å². The summed E-state index contributed by atoms with van der Waals surface area (Å²) in [5, 5.41) is 3.69. The Balaban J connectivity index is 1.56. The SMILES string of the molecule is C[C@@H]1CCC[C@H](C)C12NC(=O)N(CN(C)CCOc1ccc(Cl)cc1)C2=O. The van der Waals surface area contributed by atoms with Crippen molar-refractivity contribution in [1.29, 1.82) is 0 Å². The van der Waals surface area contributed by atoms with E-state index in [-0.39, 0.29) is 30.4 Å². The van der Waals surface area contributed by atoms with E-state index in [4.69, 9.17) is 16.3 Å². The summed E-state index contributed by atoms with van der Waals surface area (Å²) < 4.78 is 5.69. The highest BCUT2D eigenvalue weighted by Crippen LogP contribution is 2.42. The maximum absolute atomic E-state index is 13.1. The first-order valence-corrected chi connectivity index (χ1v) is 9.93. The molecule has 1 unspecified atom stereocenters. The molecule has 1 spiro atoms. The van der Waals surface area contributed by atoms with E-state index in [0.717, 1.165) is 25.0 Å². The van der Waals surface area contributed by atoms with Crippen LogP contribution >= 0.6 is 11.6 Å². The lowest BCUT2D eigenvalue weighted by Gasteiger charge is -2.42. The standard InChI is InChI=1S/C20H28ClN3O3/c1-14-5-4-6-15(2)20(14)18(25)24(19(26)22-20)13-23(3)11-12-27-17-9-7-16(21)8-10-17/h7-10,14-15H,4-6,11-13H2,1-3H3,(H,22,26)/t14-,15+,20?. The molecule has 3 atom stereocenters. The monoisotopic (exact) mass is 393 g/mol. The van der Waals surface area contributed by atoms with Crippen molar-refractivity contribution in [2.45, 2.75) is 38.6 Å². The van der Waals surface area contributed by atoms with Crippen LogP contribution in [-0.2, 0) is 4.79 Å². The van der Waals surface area contributed by atoms with Crippen LogP contribution in [0.3, 0.4) is 0 Å². The van der Waals surface area contributed by atoms with Crippen molar-refractivity contribution >= 4 is 23.5 Å². The van der Waals surface area contributed by atoms with Gasteiger partial charge in [0.1, 0.15) is 17.9 Å². The van der Waals surface area contributed by atoms with Gasteiger partial charge in [0.25, 0.3) is 5.91 Å². The Bertz CT molecular complexity index is 684. The first-order valence-electron chi connectivity index (χ1n) is 9.55.